The molecule has 0 aromatic heterocycles. The van der Waals surface area contributed by atoms with E-state index < -0.39 is 11.9 Å². The third kappa shape index (κ3) is 3.42. The molecule has 2 amide bonds. The van der Waals surface area contributed by atoms with E-state index >= 15 is 0 Å². The first-order chi connectivity index (χ1) is 9.46. The van der Waals surface area contributed by atoms with E-state index in [0.29, 0.717) is 32.0 Å². The lowest BCUT2D eigenvalue weighted by Gasteiger charge is -2.33. The standard InChI is InChI=1S/C14H24N2O4/c1-14(20-2,11-5-6-11)9-15-13(19)16-7-3-4-10(8-16)12(17)18/h10-11H,3-9H2,1-2H3,(H,15,19)(H,17,18). The highest BCUT2D eigenvalue weighted by molar-refractivity contribution is 5.76. The Morgan fingerprint density at radius 3 is 2.65 bits per heavy atom. The second-order valence-corrected chi connectivity index (χ2v) is 6.07. The molecule has 2 aliphatic rings. The molecule has 20 heavy (non-hydrogen) atoms. The number of carbonyl (C=O) groups excluding carboxylic acids is 1. The fraction of sp³-hybridized carbons (Fsp3) is 0.857. The predicted octanol–water partition coefficient (Wildman–Crippen LogP) is 1.31. The van der Waals surface area contributed by atoms with Gasteiger partial charge < -0.3 is 20.1 Å². The van der Waals surface area contributed by atoms with Crippen molar-refractivity contribution in [2.24, 2.45) is 11.8 Å². The summed E-state index contributed by atoms with van der Waals surface area (Å²) in [6.45, 7) is 3.42. The molecule has 6 heteroatoms. The molecule has 2 rings (SSSR count). The molecule has 2 unspecified atom stereocenters. The van der Waals surface area contributed by atoms with Gasteiger partial charge in [0.15, 0.2) is 0 Å². The zero-order valence-corrected chi connectivity index (χ0v) is 12.2. The van der Waals surface area contributed by atoms with E-state index in [-0.39, 0.29) is 11.6 Å². The highest BCUT2D eigenvalue weighted by atomic mass is 16.5. The minimum Gasteiger partial charge on any atom is -0.481 e. The molecule has 1 saturated carbocycles. The Hall–Kier alpha value is -1.30. The van der Waals surface area contributed by atoms with E-state index in [4.69, 9.17) is 9.84 Å². The zero-order chi connectivity index (χ0) is 14.8. The number of rotatable bonds is 5. The largest absolute Gasteiger partial charge is 0.481 e. The van der Waals surface area contributed by atoms with Gasteiger partial charge in [-0.15, -0.1) is 0 Å². The van der Waals surface area contributed by atoms with Crippen LogP contribution in [0.15, 0.2) is 0 Å². The number of piperidine rings is 1. The molecule has 0 spiro atoms. The van der Waals surface area contributed by atoms with Crippen molar-refractivity contribution >= 4 is 12.0 Å². The van der Waals surface area contributed by atoms with Crippen molar-refractivity contribution in [3.8, 4) is 0 Å². The predicted molar refractivity (Wildman–Crippen MR) is 73.5 cm³/mol. The minimum absolute atomic E-state index is 0.181. The first-order valence-electron chi connectivity index (χ1n) is 7.27. The van der Waals surface area contributed by atoms with Crippen LogP contribution in [0.2, 0.25) is 0 Å². The number of aliphatic carboxylic acids is 1. The highest BCUT2D eigenvalue weighted by Gasteiger charge is 2.42. The van der Waals surface area contributed by atoms with Crippen molar-refractivity contribution in [3.05, 3.63) is 0 Å². The third-order valence-corrected chi connectivity index (χ3v) is 4.56. The number of hydrogen-bond donors (Lipinski definition) is 2. The summed E-state index contributed by atoms with van der Waals surface area (Å²) in [6, 6.07) is -0.181. The lowest BCUT2D eigenvalue weighted by Crippen LogP contribution is -2.51. The third-order valence-electron chi connectivity index (χ3n) is 4.56. The van der Waals surface area contributed by atoms with E-state index in [2.05, 4.69) is 5.32 Å². The van der Waals surface area contributed by atoms with Crippen LogP contribution in [0.25, 0.3) is 0 Å². The van der Waals surface area contributed by atoms with Crippen LogP contribution in [-0.2, 0) is 9.53 Å². The second kappa shape index (κ2) is 5.99. The van der Waals surface area contributed by atoms with Crippen molar-refractivity contribution in [1.82, 2.24) is 10.2 Å². The number of urea groups is 1. The molecule has 2 fully saturated rings. The van der Waals surface area contributed by atoms with Crippen LogP contribution >= 0.6 is 0 Å². The molecule has 1 saturated heterocycles. The van der Waals surface area contributed by atoms with Gasteiger partial charge in [-0.05, 0) is 38.5 Å². The smallest absolute Gasteiger partial charge is 0.317 e. The van der Waals surface area contributed by atoms with Gasteiger partial charge in [0.25, 0.3) is 0 Å². The maximum atomic E-state index is 12.1. The molecule has 114 valence electrons. The minimum atomic E-state index is -0.817. The second-order valence-electron chi connectivity index (χ2n) is 6.07. The molecule has 0 bridgehead atoms. The number of carboxylic acids is 1. The summed E-state index contributed by atoms with van der Waals surface area (Å²) in [6.07, 6.45) is 3.68. The van der Waals surface area contributed by atoms with Gasteiger partial charge in [-0.25, -0.2) is 4.79 Å². The maximum Gasteiger partial charge on any atom is 0.317 e. The molecule has 1 heterocycles. The Kier molecular flexibility index (Phi) is 4.52. The van der Waals surface area contributed by atoms with Crippen molar-refractivity contribution in [2.75, 3.05) is 26.7 Å². The number of amides is 2. The summed E-state index contributed by atoms with van der Waals surface area (Å²) >= 11 is 0. The van der Waals surface area contributed by atoms with Crippen LogP contribution in [-0.4, -0.2) is 54.4 Å². The topological polar surface area (TPSA) is 78.9 Å². The van der Waals surface area contributed by atoms with Crippen LogP contribution in [0.4, 0.5) is 4.79 Å². The molecule has 2 atom stereocenters. The zero-order valence-electron chi connectivity index (χ0n) is 12.2. The number of carboxylic acid groups (broad SMARTS) is 1. The van der Waals surface area contributed by atoms with E-state index in [1.807, 2.05) is 6.92 Å². The Labute approximate surface area is 119 Å². The molecule has 2 N–H and O–H groups in total. The van der Waals surface area contributed by atoms with Crippen LogP contribution in [0, 0.1) is 11.8 Å². The molecule has 1 aliphatic carbocycles. The number of ether oxygens (including phenoxy) is 1. The van der Waals surface area contributed by atoms with Gasteiger partial charge in [-0.1, -0.05) is 0 Å². The van der Waals surface area contributed by atoms with Crippen molar-refractivity contribution in [3.63, 3.8) is 0 Å². The van der Waals surface area contributed by atoms with Gasteiger partial charge >= 0.3 is 12.0 Å². The van der Waals surface area contributed by atoms with Crippen LogP contribution in [0.1, 0.15) is 32.6 Å². The average Bonchev–Trinajstić information content (AvgIpc) is 3.29. The quantitative estimate of drug-likeness (QED) is 0.798. The Bertz CT molecular complexity index is 383. The Morgan fingerprint density at radius 1 is 1.40 bits per heavy atom. The molecular formula is C14H24N2O4. The van der Waals surface area contributed by atoms with Gasteiger partial charge in [-0.3, -0.25) is 4.79 Å². The molecular weight excluding hydrogens is 260 g/mol. The highest BCUT2D eigenvalue weighted by Crippen LogP contribution is 2.41. The van der Waals surface area contributed by atoms with Crippen molar-refractivity contribution in [1.29, 1.82) is 0 Å². The number of likely N-dealkylation sites (tertiary alicyclic amines) is 1. The molecule has 0 aromatic rings. The van der Waals surface area contributed by atoms with Gasteiger partial charge in [-0.2, -0.15) is 0 Å². The Morgan fingerprint density at radius 2 is 2.10 bits per heavy atom. The van der Waals surface area contributed by atoms with E-state index in [0.717, 1.165) is 19.3 Å². The van der Waals surface area contributed by atoms with E-state index in [1.54, 1.807) is 12.0 Å². The summed E-state index contributed by atoms with van der Waals surface area (Å²) in [4.78, 5) is 24.7. The lowest BCUT2D eigenvalue weighted by atomic mass is 9.98. The SMILES string of the molecule is COC(C)(CNC(=O)N1CCCC(C(=O)O)C1)C1CC1. The number of methoxy groups -OCH3 is 1. The average molecular weight is 284 g/mol. The maximum absolute atomic E-state index is 12.1. The normalized spacial score (nSPS) is 25.9. The fourth-order valence-corrected chi connectivity index (χ4v) is 2.80. The van der Waals surface area contributed by atoms with Gasteiger partial charge in [0.05, 0.1) is 11.5 Å². The van der Waals surface area contributed by atoms with E-state index in [1.165, 1.54) is 0 Å². The molecule has 0 radical (unpaired) electrons. The van der Waals surface area contributed by atoms with Crippen LogP contribution in [0.5, 0.6) is 0 Å². The van der Waals surface area contributed by atoms with Crippen molar-refractivity contribution < 1.29 is 19.4 Å². The number of nitrogens with zero attached hydrogens (tertiary/aromatic N) is 1. The van der Waals surface area contributed by atoms with Gasteiger partial charge in [0, 0.05) is 26.7 Å². The summed E-state index contributed by atoms with van der Waals surface area (Å²) in [5, 5.41) is 11.9. The number of carbonyl (C=O) groups is 2. The number of nitrogens with one attached hydrogen (secondary N) is 1. The first-order valence-corrected chi connectivity index (χ1v) is 7.27. The number of hydrogen-bond acceptors (Lipinski definition) is 3. The first kappa shape index (κ1) is 15.1. The Balaban J connectivity index is 1.83. The van der Waals surface area contributed by atoms with Crippen molar-refractivity contribution in [2.45, 2.75) is 38.2 Å². The molecule has 1 aliphatic heterocycles. The molecule has 0 aromatic carbocycles. The van der Waals surface area contributed by atoms with Gasteiger partial charge in [0.1, 0.15) is 0 Å². The van der Waals surface area contributed by atoms with Crippen LogP contribution < -0.4 is 5.32 Å². The summed E-state index contributed by atoms with van der Waals surface area (Å²) in [7, 11) is 1.67. The summed E-state index contributed by atoms with van der Waals surface area (Å²) in [5.74, 6) is -0.741. The van der Waals surface area contributed by atoms with E-state index in [9.17, 15) is 9.59 Å². The molecule has 6 nitrogen and oxygen atoms in total. The monoisotopic (exact) mass is 284 g/mol. The lowest BCUT2D eigenvalue weighted by molar-refractivity contribution is -0.143. The van der Waals surface area contributed by atoms with Gasteiger partial charge in [0.2, 0.25) is 0 Å². The summed E-state index contributed by atoms with van der Waals surface area (Å²) < 4.78 is 5.53. The summed E-state index contributed by atoms with van der Waals surface area (Å²) in [5.41, 5.74) is -0.308. The fourth-order valence-electron chi connectivity index (χ4n) is 2.80. The van der Waals surface area contributed by atoms with Crippen LogP contribution in [0.3, 0.4) is 0 Å².